The van der Waals surface area contributed by atoms with Crippen LogP contribution in [0.15, 0.2) is 54.6 Å². The maximum atomic E-state index is 13.9. The number of nitrogens with zero attached hydrogens (tertiary/aromatic N) is 2. The van der Waals surface area contributed by atoms with Crippen molar-refractivity contribution in [2.45, 2.75) is 56.0 Å². The molecule has 1 spiro atoms. The highest BCUT2D eigenvalue weighted by Gasteiger charge is 2.69. The van der Waals surface area contributed by atoms with Crippen molar-refractivity contribution in [2.75, 3.05) is 32.2 Å². The van der Waals surface area contributed by atoms with E-state index in [1.807, 2.05) is 47.4 Å². The van der Waals surface area contributed by atoms with Gasteiger partial charge in [0.05, 0.1) is 26.3 Å². The second-order valence-corrected chi connectivity index (χ2v) is 10.8. The SMILES string of the molecule is COC(=O)C[C@]12CCCN3CC[C@]4(c5cccc(OC)c5N(C(=O)C=Cc5ccccc5)[C@@H]4CC1)[C@H]32. The number of ether oxygens (including phenoxy) is 2. The molecule has 36 heavy (non-hydrogen) atoms. The summed E-state index contributed by atoms with van der Waals surface area (Å²) >= 11 is 0. The van der Waals surface area contributed by atoms with Crippen LogP contribution < -0.4 is 9.64 Å². The first kappa shape index (κ1) is 23.3. The average molecular weight is 487 g/mol. The van der Waals surface area contributed by atoms with Gasteiger partial charge in [0.25, 0.3) is 5.91 Å². The molecule has 6 rings (SSSR count). The van der Waals surface area contributed by atoms with E-state index in [4.69, 9.17) is 9.47 Å². The molecule has 0 radical (unpaired) electrons. The molecule has 0 N–H and O–H groups in total. The van der Waals surface area contributed by atoms with Crippen LogP contribution in [0.5, 0.6) is 5.75 Å². The number of carbonyl (C=O) groups excluding carboxylic acids is 2. The number of carbonyl (C=O) groups is 2. The Morgan fingerprint density at radius 1 is 1.03 bits per heavy atom. The summed E-state index contributed by atoms with van der Waals surface area (Å²) in [5.41, 5.74) is 2.77. The van der Waals surface area contributed by atoms with Gasteiger partial charge in [0, 0.05) is 23.6 Å². The number of benzene rings is 2. The monoisotopic (exact) mass is 486 g/mol. The normalized spacial score (nSPS) is 30.6. The highest BCUT2D eigenvalue weighted by atomic mass is 16.5. The van der Waals surface area contributed by atoms with Gasteiger partial charge in [0.1, 0.15) is 5.75 Å². The maximum Gasteiger partial charge on any atom is 0.306 e. The number of fused-ring (bicyclic) bond motifs is 1. The molecule has 1 aliphatic carbocycles. The third-order valence-electron chi connectivity index (χ3n) is 9.33. The highest BCUT2D eigenvalue weighted by Crippen LogP contribution is 2.66. The summed E-state index contributed by atoms with van der Waals surface area (Å²) in [7, 11) is 3.17. The number of rotatable bonds is 5. The van der Waals surface area contributed by atoms with Gasteiger partial charge < -0.3 is 14.4 Å². The zero-order valence-electron chi connectivity index (χ0n) is 21.1. The molecule has 1 saturated carbocycles. The third kappa shape index (κ3) is 3.27. The van der Waals surface area contributed by atoms with Crippen LogP contribution in [-0.2, 0) is 19.7 Å². The Kier molecular flexibility index (Phi) is 5.67. The molecule has 2 aromatic carbocycles. The van der Waals surface area contributed by atoms with Crippen LogP contribution in [0.3, 0.4) is 0 Å². The lowest BCUT2D eigenvalue weighted by Gasteiger charge is -2.58. The molecule has 3 fully saturated rings. The van der Waals surface area contributed by atoms with Crippen molar-refractivity contribution in [2.24, 2.45) is 5.41 Å². The molecule has 0 unspecified atom stereocenters. The Bertz CT molecular complexity index is 1210. The van der Waals surface area contributed by atoms with Crippen molar-refractivity contribution >= 4 is 23.6 Å². The van der Waals surface area contributed by atoms with Gasteiger partial charge in [-0.05, 0) is 73.9 Å². The summed E-state index contributed by atoms with van der Waals surface area (Å²) in [5.74, 6) is 0.603. The molecule has 188 valence electrons. The van der Waals surface area contributed by atoms with Gasteiger partial charge >= 0.3 is 5.97 Å². The lowest BCUT2D eigenvalue weighted by atomic mass is 9.52. The fraction of sp³-hybridized carbons (Fsp3) is 0.467. The molecule has 0 aromatic heterocycles. The number of piperidine rings is 1. The minimum atomic E-state index is -0.215. The Labute approximate surface area is 212 Å². The first-order chi connectivity index (χ1) is 17.5. The molecule has 3 aliphatic heterocycles. The molecule has 4 atom stereocenters. The number of para-hydroxylation sites is 1. The summed E-state index contributed by atoms with van der Waals surface area (Å²) < 4.78 is 11.0. The van der Waals surface area contributed by atoms with Gasteiger partial charge in [-0.1, -0.05) is 42.5 Å². The Balaban J connectivity index is 1.48. The minimum absolute atomic E-state index is 0.0128. The zero-order valence-corrected chi connectivity index (χ0v) is 21.1. The van der Waals surface area contributed by atoms with E-state index in [9.17, 15) is 9.59 Å². The number of methoxy groups -OCH3 is 2. The highest BCUT2D eigenvalue weighted by molar-refractivity contribution is 6.07. The van der Waals surface area contributed by atoms with Crippen molar-refractivity contribution in [1.82, 2.24) is 4.90 Å². The van der Waals surface area contributed by atoms with Crippen molar-refractivity contribution in [3.8, 4) is 5.75 Å². The largest absolute Gasteiger partial charge is 0.495 e. The molecular weight excluding hydrogens is 452 g/mol. The standard InChI is InChI=1S/C30H34N2O4/c1-35-23-11-6-10-22-27(23)32(25(33)13-12-21-8-4-3-5-9-21)24-14-16-29(20-26(34)36-2)15-7-18-31-19-17-30(22,24)28(29)31/h3-6,8-13,24,28H,7,14-20H2,1-2H3/t24-,28-,29+,30-/m1/s1. The van der Waals surface area contributed by atoms with E-state index < -0.39 is 0 Å². The van der Waals surface area contributed by atoms with E-state index in [2.05, 4.69) is 17.0 Å². The quantitative estimate of drug-likeness (QED) is 0.458. The summed E-state index contributed by atoms with van der Waals surface area (Å²) in [4.78, 5) is 31.2. The first-order valence-electron chi connectivity index (χ1n) is 13.1. The number of hydrogen-bond acceptors (Lipinski definition) is 5. The summed E-state index contributed by atoms with van der Waals surface area (Å²) in [6.45, 7) is 2.03. The van der Waals surface area contributed by atoms with Crippen LogP contribution in [0.25, 0.3) is 6.08 Å². The van der Waals surface area contributed by atoms with Gasteiger partial charge in [0.15, 0.2) is 0 Å². The van der Waals surface area contributed by atoms with E-state index in [0.717, 1.165) is 62.2 Å². The molecular formula is C30H34N2O4. The van der Waals surface area contributed by atoms with Gasteiger partial charge in [-0.25, -0.2) is 0 Å². The van der Waals surface area contributed by atoms with Crippen LogP contribution in [0.4, 0.5) is 5.69 Å². The maximum absolute atomic E-state index is 13.9. The lowest BCUT2D eigenvalue weighted by molar-refractivity contribution is -0.148. The van der Waals surface area contributed by atoms with E-state index >= 15 is 0 Å². The van der Waals surface area contributed by atoms with E-state index in [-0.39, 0.29) is 34.8 Å². The molecule has 0 bridgehead atoms. The van der Waals surface area contributed by atoms with E-state index in [1.165, 1.54) is 12.7 Å². The predicted molar refractivity (Wildman–Crippen MR) is 139 cm³/mol. The second-order valence-electron chi connectivity index (χ2n) is 10.8. The number of anilines is 1. The van der Waals surface area contributed by atoms with Gasteiger partial charge in [-0.2, -0.15) is 0 Å². The van der Waals surface area contributed by atoms with Gasteiger partial charge in [0.2, 0.25) is 0 Å². The third-order valence-corrected chi connectivity index (χ3v) is 9.33. The Hall–Kier alpha value is -3.12. The summed E-state index contributed by atoms with van der Waals surface area (Å²) in [6.07, 6.45) is 8.93. The van der Waals surface area contributed by atoms with Crippen LogP contribution in [0.2, 0.25) is 0 Å². The number of hydrogen-bond donors (Lipinski definition) is 0. The summed E-state index contributed by atoms with van der Waals surface area (Å²) in [6, 6.07) is 16.4. The van der Waals surface area contributed by atoms with Crippen molar-refractivity contribution in [3.63, 3.8) is 0 Å². The van der Waals surface area contributed by atoms with Gasteiger partial charge in [-0.15, -0.1) is 0 Å². The molecule has 3 heterocycles. The van der Waals surface area contributed by atoms with Crippen LogP contribution >= 0.6 is 0 Å². The molecule has 2 saturated heterocycles. The van der Waals surface area contributed by atoms with Crippen LogP contribution in [0, 0.1) is 5.41 Å². The lowest BCUT2D eigenvalue weighted by Crippen LogP contribution is -2.65. The van der Waals surface area contributed by atoms with Crippen molar-refractivity contribution < 1.29 is 19.1 Å². The zero-order chi connectivity index (χ0) is 24.9. The first-order valence-corrected chi connectivity index (χ1v) is 13.1. The molecule has 6 nitrogen and oxygen atoms in total. The average Bonchev–Trinajstić information content (AvgIpc) is 3.45. The van der Waals surface area contributed by atoms with Gasteiger partial charge in [-0.3, -0.25) is 14.5 Å². The Morgan fingerprint density at radius 3 is 2.64 bits per heavy atom. The second kappa shape index (κ2) is 8.77. The van der Waals surface area contributed by atoms with Crippen molar-refractivity contribution in [1.29, 1.82) is 0 Å². The molecule has 1 amide bonds. The predicted octanol–water partition coefficient (Wildman–Crippen LogP) is 4.57. The van der Waals surface area contributed by atoms with E-state index in [0.29, 0.717) is 6.42 Å². The fourth-order valence-corrected chi connectivity index (χ4v) is 8.15. The molecule has 4 aliphatic rings. The molecule has 2 aromatic rings. The van der Waals surface area contributed by atoms with E-state index in [1.54, 1.807) is 13.2 Å². The number of amides is 1. The minimum Gasteiger partial charge on any atom is -0.495 e. The topological polar surface area (TPSA) is 59.1 Å². The van der Waals surface area contributed by atoms with Crippen LogP contribution in [-0.4, -0.2) is 56.2 Å². The molecule has 6 heteroatoms. The smallest absolute Gasteiger partial charge is 0.306 e. The summed E-state index contributed by atoms with van der Waals surface area (Å²) in [5, 5.41) is 0. The van der Waals surface area contributed by atoms with Crippen molar-refractivity contribution in [3.05, 3.63) is 65.7 Å². The number of esters is 1. The van der Waals surface area contributed by atoms with Crippen LogP contribution in [0.1, 0.15) is 49.7 Å². The fourth-order valence-electron chi connectivity index (χ4n) is 8.15. The Morgan fingerprint density at radius 2 is 1.86 bits per heavy atom.